The fraction of sp³-hybridized carbons (Fsp3) is 0.350. The Morgan fingerprint density at radius 1 is 1.00 bits per heavy atom. The van der Waals surface area contributed by atoms with Crippen molar-refractivity contribution in [1.29, 1.82) is 0 Å². The Labute approximate surface area is 158 Å². The van der Waals surface area contributed by atoms with Gasteiger partial charge in [0.2, 0.25) is 5.96 Å². The summed E-state index contributed by atoms with van der Waals surface area (Å²) >= 11 is 0. The van der Waals surface area contributed by atoms with Gasteiger partial charge in [0.05, 0.1) is 18.1 Å². The number of rotatable bonds is 5. The highest BCUT2D eigenvalue weighted by atomic mass is 16.6. The molecule has 1 saturated carbocycles. The first kappa shape index (κ1) is 18.7. The molecule has 7 heteroatoms. The normalized spacial score (nSPS) is 15.2. The lowest BCUT2D eigenvalue weighted by molar-refractivity contribution is -0.384. The number of nitrogens with one attached hydrogen (secondary N) is 2. The zero-order chi connectivity index (χ0) is 19.1. The van der Waals surface area contributed by atoms with Crippen LogP contribution in [0.4, 0.5) is 17.1 Å². The first-order chi connectivity index (χ1) is 13.1. The minimum absolute atomic E-state index is 0.0643. The van der Waals surface area contributed by atoms with E-state index in [9.17, 15) is 10.1 Å². The number of aliphatic imine (C=N–C) groups is 1. The molecule has 0 heterocycles. The monoisotopic (exact) mass is 368 g/mol. The zero-order valence-corrected chi connectivity index (χ0v) is 15.4. The van der Waals surface area contributed by atoms with Gasteiger partial charge in [-0.25, -0.2) is 4.99 Å². The molecular weight excluding hydrogens is 344 g/mol. The van der Waals surface area contributed by atoms with Crippen molar-refractivity contribution in [3.05, 3.63) is 58.6 Å². The van der Waals surface area contributed by atoms with Crippen LogP contribution in [-0.4, -0.2) is 24.0 Å². The highest BCUT2D eigenvalue weighted by molar-refractivity contribution is 6.03. The predicted molar refractivity (Wildman–Crippen MR) is 108 cm³/mol. The molecule has 0 aliphatic heterocycles. The van der Waals surface area contributed by atoms with Crippen molar-refractivity contribution in [2.75, 3.05) is 17.7 Å². The van der Waals surface area contributed by atoms with E-state index in [0.717, 1.165) is 30.0 Å². The van der Waals surface area contributed by atoms with Gasteiger partial charge in [-0.3, -0.25) is 10.1 Å². The zero-order valence-electron chi connectivity index (χ0n) is 15.4. The van der Waals surface area contributed by atoms with Crippen LogP contribution in [0.15, 0.2) is 53.5 Å². The SMILES string of the molecule is COc1ccc(NC(=NC2CCCCC2)Nc2ccc([N+](=O)[O-])cc2)cc1. The number of nitrogens with zero attached hydrogens (tertiary/aromatic N) is 2. The van der Waals surface area contributed by atoms with Gasteiger partial charge in [-0.1, -0.05) is 19.3 Å². The van der Waals surface area contributed by atoms with Crippen LogP contribution in [0.3, 0.4) is 0 Å². The van der Waals surface area contributed by atoms with Crippen molar-refractivity contribution >= 4 is 23.0 Å². The third-order valence-electron chi connectivity index (χ3n) is 4.58. The molecule has 0 atom stereocenters. The van der Waals surface area contributed by atoms with Gasteiger partial charge in [-0.15, -0.1) is 0 Å². The number of methoxy groups -OCH3 is 1. The molecule has 1 aliphatic carbocycles. The Morgan fingerprint density at radius 2 is 1.56 bits per heavy atom. The van der Waals surface area contributed by atoms with Gasteiger partial charge >= 0.3 is 0 Å². The highest BCUT2D eigenvalue weighted by Gasteiger charge is 2.14. The molecule has 3 rings (SSSR count). The average molecular weight is 368 g/mol. The van der Waals surface area contributed by atoms with Crippen molar-refractivity contribution in [2.24, 2.45) is 4.99 Å². The number of benzene rings is 2. The van der Waals surface area contributed by atoms with Crippen LogP contribution in [0.5, 0.6) is 5.75 Å². The second kappa shape index (κ2) is 9.02. The molecule has 27 heavy (non-hydrogen) atoms. The topological polar surface area (TPSA) is 88.8 Å². The van der Waals surface area contributed by atoms with E-state index in [0.29, 0.717) is 5.96 Å². The smallest absolute Gasteiger partial charge is 0.269 e. The predicted octanol–water partition coefficient (Wildman–Crippen LogP) is 4.82. The lowest BCUT2D eigenvalue weighted by atomic mass is 9.96. The number of anilines is 2. The summed E-state index contributed by atoms with van der Waals surface area (Å²) in [6, 6.07) is 14.2. The summed E-state index contributed by atoms with van der Waals surface area (Å²) in [5, 5.41) is 17.4. The van der Waals surface area contributed by atoms with Gasteiger partial charge in [0, 0.05) is 23.5 Å². The number of non-ortho nitro benzene ring substituents is 1. The maximum atomic E-state index is 10.8. The van der Waals surface area contributed by atoms with Crippen molar-refractivity contribution < 1.29 is 9.66 Å². The van der Waals surface area contributed by atoms with Gasteiger partial charge in [-0.05, 0) is 49.2 Å². The van der Waals surface area contributed by atoms with Gasteiger partial charge in [0.15, 0.2) is 0 Å². The fourth-order valence-corrected chi connectivity index (χ4v) is 3.10. The summed E-state index contributed by atoms with van der Waals surface area (Å²) in [5.41, 5.74) is 1.70. The Kier molecular flexibility index (Phi) is 6.25. The molecule has 0 spiro atoms. The van der Waals surface area contributed by atoms with E-state index < -0.39 is 4.92 Å². The van der Waals surface area contributed by atoms with E-state index in [-0.39, 0.29) is 11.7 Å². The van der Waals surface area contributed by atoms with Gasteiger partial charge in [0.1, 0.15) is 5.75 Å². The standard InChI is InChI=1S/C20H24N4O3/c1-27-19-13-9-17(10-14-19)23-20(21-15-5-3-2-4-6-15)22-16-7-11-18(12-8-16)24(25)26/h7-15H,2-6H2,1H3,(H2,21,22,23). The molecule has 7 nitrogen and oxygen atoms in total. The van der Waals surface area contributed by atoms with Crippen LogP contribution in [0.25, 0.3) is 0 Å². The van der Waals surface area contributed by atoms with Crippen molar-refractivity contribution in [3.63, 3.8) is 0 Å². The molecule has 2 N–H and O–H groups in total. The maximum Gasteiger partial charge on any atom is 0.269 e. The fourth-order valence-electron chi connectivity index (χ4n) is 3.10. The Hall–Kier alpha value is -3.09. The summed E-state index contributed by atoms with van der Waals surface area (Å²) in [4.78, 5) is 15.3. The van der Waals surface area contributed by atoms with Crippen LogP contribution in [-0.2, 0) is 0 Å². The summed E-state index contributed by atoms with van der Waals surface area (Å²) in [6.07, 6.45) is 5.82. The quantitative estimate of drug-likeness (QED) is 0.342. The van der Waals surface area contributed by atoms with E-state index in [1.54, 1.807) is 19.2 Å². The molecule has 1 fully saturated rings. The van der Waals surface area contributed by atoms with Crippen molar-refractivity contribution in [3.8, 4) is 5.75 Å². The molecule has 1 aliphatic rings. The molecule has 2 aromatic rings. The van der Waals surface area contributed by atoms with Gasteiger partial charge < -0.3 is 15.4 Å². The van der Waals surface area contributed by atoms with E-state index in [4.69, 9.17) is 9.73 Å². The van der Waals surface area contributed by atoms with Gasteiger partial charge in [-0.2, -0.15) is 0 Å². The van der Waals surface area contributed by atoms with Crippen LogP contribution in [0.2, 0.25) is 0 Å². The Morgan fingerprint density at radius 3 is 2.07 bits per heavy atom. The average Bonchev–Trinajstić information content (AvgIpc) is 2.70. The van der Waals surface area contributed by atoms with Crippen LogP contribution in [0, 0.1) is 10.1 Å². The van der Waals surface area contributed by atoms with Crippen molar-refractivity contribution in [2.45, 2.75) is 38.1 Å². The lowest BCUT2D eigenvalue weighted by Gasteiger charge is -2.20. The van der Waals surface area contributed by atoms with E-state index in [2.05, 4.69) is 10.6 Å². The third-order valence-corrected chi connectivity index (χ3v) is 4.58. The summed E-state index contributed by atoms with van der Waals surface area (Å²) in [7, 11) is 1.63. The van der Waals surface area contributed by atoms with Crippen LogP contribution in [0.1, 0.15) is 32.1 Å². The number of ether oxygens (including phenoxy) is 1. The number of nitro groups is 1. The van der Waals surface area contributed by atoms with Crippen LogP contribution >= 0.6 is 0 Å². The second-order valence-electron chi connectivity index (χ2n) is 6.55. The summed E-state index contributed by atoms with van der Waals surface area (Å²) < 4.78 is 5.19. The first-order valence-electron chi connectivity index (χ1n) is 9.14. The third kappa shape index (κ3) is 5.44. The molecule has 2 aromatic carbocycles. The number of hydrogen-bond donors (Lipinski definition) is 2. The van der Waals surface area contributed by atoms with Gasteiger partial charge in [0.25, 0.3) is 5.69 Å². The van der Waals surface area contributed by atoms with E-state index in [1.165, 1.54) is 31.4 Å². The van der Waals surface area contributed by atoms with E-state index >= 15 is 0 Å². The van der Waals surface area contributed by atoms with Crippen LogP contribution < -0.4 is 15.4 Å². The molecule has 0 bridgehead atoms. The maximum absolute atomic E-state index is 10.8. The molecular formula is C20H24N4O3. The molecule has 142 valence electrons. The minimum atomic E-state index is -0.406. The number of guanidine groups is 1. The highest BCUT2D eigenvalue weighted by Crippen LogP contribution is 2.22. The Bertz CT molecular complexity index is 782. The molecule has 0 saturated heterocycles. The van der Waals surface area contributed by atoms with Crippen molar-refractivity contribution in [1.82, 2.24) is 0 Å². The molecule has 0 aromatic heterocycles. The summed E-state index contributed by atoms with van der Waals surface area (Å²) in [5.74, 6) is 1.43. The Balaban J connectivity index is 1.77. The summed E-state index contributed by atoms with van der Waals surface area (Å²) in [6.45, 7) is 0. The first-order valence-corrected chi connectivity index (χ1v) is 9.14. The van der Waals surface area contributed by atoms with E-state index in [1.807, 2.05) is 24.3 Å². The number of hydrogen-bond acceptors (Lipinski definition) is 4. The molecule has 0 radical (unpaired) electrons. The second-order valence-corrected chi connectivity index (χ2v) is 6.55. The largest absolute Gasteiger partial charge is 0.497 e. The molecule has 0 unspecified atom stereocenters. The molecule has 0 amide bonds. The number of nitro benzene ring substituents is 1. The minimum Gasteiger partial charge on any atom is -0.497 e. The lowest BCUT2D eigenvalue weighted by Crippen LogP contribution is -2.25.